The highest BCUT2D eigenvalue weighted by Gasteiger charge is 2.14. The summed E-state index contributed by atoms with van der Waals surface area (Å²) < 4.78 is 23.2. The fourth-order valence-corrected chi connectivity index (χ4v) is 2.21. The fourth-order valence-electron chi connectivity index (χ4n) is 0.961. The minimum absolute atomic E-state index is 0.0253. The van der Waals surface area contributed by atoms with Gasteiger partial charge in [0.15, 0.2) is 0 Å². The van der Waals surface area contributed by atoms with Crippen LogP contribution in [-0.4, -0.2) is 13.4 Å². The maximum absolute atomic E-state index is 11.6. The maximum Gasteiger partial charge on any atom is 0.203 e. The number of nitrogens with two attached hydrogens (primary N) is 2. The van der Waals surface area contributed by atoms with Gasteiger partial charge in [-0.1, -0.05) is 0 Å². The van der Waals surface area contributed by atoms with Crippen LogP contribution < -0.4 is 11.5 Å². The molecule has 4 N–H and O–H groups in total. The molecule has 0 spiro atoms. The minimum Gasteiger partial charge on any atom is -0.402 e. The van der Waals surface area contributed by atoms with Crippen molar-refractivity contribution in [2.24, 2.45) is 5.73 Å². The normalized spacial score (nSPS) is 12.8. The summed E-state index contributed by atoms with van der Waals surface area (Å²) in [5.41, 5.74) is 11.1. The predicted molar refractivity (Wildman–Crippen MR) is 53.8 cm³/mol. The van der Waals surface area contributed by atoms with E-state index in [2.05, 4.69) is 4.98 Å². The number of pyridine rings is 1. The Morgan fingerprint density at radius 3 is 2.71 bits per heavy atom. The monoisotopic (exact) mass is 213 g/mol. The minimum atomic E-state index is -3.54. The quantitative estimate of drug-likeness (QED) is 0.734. The molecule has 0 saturated heterocycles. The van der Waals surface area contributed by atoms with Gasteiger partial charge in [-0.25, -0.2) is 8.42 Å². The molecule has 1 heterocycles. The van der Waals surface area contributed by atoms with Crippen LogP contribution >= 0.6 is 0 Å². The Kier molecular flexibility index (Phi) is 2.76. The molecule has 0 aromatic carbocycles. The second-order valence-electron chi connectivity index (χ2n) is 2.82. The summed E-state index contributed by atoms with van der Waals surface area (Å²) >= 11 is 0. The second-order valence-corrected chi connectivity index (χ2v) is 4.59. The first kappa shape index (κ1) is 10.5. The van der Waals surface area contributed by atoms with Crippen LogP contribution in [0.4, 0.5) is 5.69 Å². The van der Waals surface area contributed by atoms with Gasteiger partial charge in [0.1, 0.15) is 0 Å². The third kappa shape index (κ3) is 2.23. The molecule has 0 aliphatic heterocycles. The van der Waals surface area contributed by atoms with Gasteiger partial charge >= 0.3 is 0 Å². The smallest absolute Gasteiger partial charge is 0.203 e. The summed E-state index contributed by atoms with van der Waals surface area (Å²) in [6.45, 7) is 1.49. The first-order valence-electron chi connectivity index (χ1n) is 3.82. The van der Waals surface area contributed by atoms with Crippen molar-refractivity contribution < 1.29 is 8.42 Å². The molecular weight excluding hydrogens is 202 g/mol. The number of sulfone groups is 1. The summed E-state index contributed by atoms with van der Waals surface area (Å²) in [5.74, 6) is 0. The van der Waals surface area contributed by atoms with Gasteiger partial charge in [0.2, 0.25) is 9.84 Å². The van der Waals surface area contributed by atoms with Crippen molar-refractivity contribution in [2.45, 2.75) is 11.8 Å². The van der Waals surface area contributed by atoms with E-state index < -0.39 is 9.84 Å². The molecule has 6 heteroatoms. The van der Waals surface area contributed by atoms with Gasteiger partial charge in [-0.05, 0) is 13.0 Å². The lowest BCUT2D eigenvalue weighted by Crippen LogP contribution is -2.04. The molecule has 0 radical (unpaired) electrons. The summed E-state index contributed by atoms with van der Waals surface area (Å²) in [6, 6.07) is 1.34. The van der Waals surface area contributed by atoms with E-state index in [1.807, 2.05) is 0 Å². The van der Waals surface area contributed by atoms with E-state index in [1.54, 1.807) is 0 Å². The van der Waals surface area contributed by atoms with Crippen LogP contribution in [0.2, 0.25) is 0 Å². The van der Waals surface area contributed by atoms with E-state index in [0.717, 1.165) is 5.41 Å². The zero-order valence-corrected chi connectivity index (χ0v) is 8.45. The maximum atomic E-state index is 11.6. The highest BCUT2D eigenvalue weighted by atomic mass is 32.2. The van der Waals surface area contributed by atoms with Gasteiger partial charge in [0.05, 0.1) is 22.2 Å². The van der Waals surface area contributed by atoms with Gasteiger partial charge in [0, 0.05) is 11.9 Å². The van der Waals surface area contributed by atoms with E-state index in [-0.39, 0.29) is 16.3 Å². The molecule has 0 aliphatic carbocycles. The van der Waals surface area contributed by atoms with E-state index in [9.17, 15) is 8.42 Å². The molecule has 1 rings (SSSR count). The summed E-state index contributed by atoms with van der Waals surface area (Å²) in [6.07, 6.45) is 2.65. The molecule has 5 nitrogen and oxygen atoms in total. The molecule has 0 atom stereocenters. The first-order chi connectivity index (χ1) is 6.43. The lowest BCUT2D eigenvalue weighted by molar-refractivity contribution is 0.604. The Labute approximate surface area is 82.4 Å². The Morgan fingerprint density at radius 2 is 2.21 bits per heavy atom. The second kappa shape index (κ2) is 3.67. The topological polar surface area (TPSA) is 99.1 Å². The molecule has 0 unspecified atom stereocenters. The summed E-state index contributed by atoms with van der Waals surface area (Å²) in [5, 5.41) is 0.971. The molecule has 0 fully saturated rings. The van der Waals surface area contributed by atoms with Gasteiger partial charge in [-0.2, -0.15) is 0 Å². The van der Waals surface area contributed by atoms with Crippen LogP contribution in [0.15, 0.2) is 34.5 Å². The highest BCUT2D eigenvalue weighted by molar-refractivity contribution is 7.94. The third-order valence-electron chi connectivity index (χ3n) is 1.46. The Balaban J connectivity index is 3.32. The van der Waals surface area contributed by atoms with Crippen molar-refractivity contribution in [3.05, 3.63) is 29.6 Å². The number of nitrogens with zero attached hydrogens (tertiary/aromatic N) is 1. The number of aromatic nitrogens is 1. The van der Waals surface area contributed by atoms with Crippen LogP contribution in [0.1, 0.15) is 6.92 Å². The zero-order valence-electron chi connectivity index (χ0n) is 7.64. The molecule has 1 aromatic heterocycles. The van der Waals surface area contributed by atoms with Crippen LogP contribution in [0, 0.1) is 0 Å². The van der Waals surface area contributed by atoms with Crippen molar-refractivity contribution in [1.29, 1.82) is 0 Å². The zero-order chi connectivity index (χ0) is 10.8. The number of hydrogen-bond donors (Lipinski definition) is 2. The number of rotatable bonds is 2. The summed E-state index contributed by atoms with van der Waals surface area (Å²) in [7, 11) is -3.54. The van der Waals surface area contributed by atoms with E-state index in [1.165, 1.54) is 25.4 Å². The van der Waals surface area contributed by atoms with Crippen molar-refractivity contribution in [2.75, 3.05) is 5.73 Å². The van der Waals surface area contributed by atoms with E-state index in [4.69, 9.17) is 11.5 Å². The third-order valence-corrected chi connectivity index (χ3v) is 3.12. The number of allylic oxidation sites excluding steroid dienone is 1. The average Bonchev–Trinajstić information content (AvgIpc) is 2.02. The van der Waals surface area contributed by atoms with Gasteiger partial charge in [-0.3, -0.25) is 4.98 Å². The van der Waals surface area contributed by atoms with Crippen molar-refractivity contribution in [3.63, 3.8) is 0 Å². The van der Waals surface area contributed by atoms with Crippen molar-refractivity contribution in [3.8, 4) is 0 Å². The Hall–Kier alpha value is -1.56. The SMILES string of the molecule is C/C(N)=C\S(=O)(=O)c1ccncc1N. The first-order valence-corrected chi connectivity index (χ1v) is 5.36. The van der Waals surface area contributed by atoms with Crippen LogP contribution in [0.5, 0.6) is 0 Å². The van der Waals surface area contributed by atoms with Crippen molar-refractivity contribution in [1.82, 2.24) is 4.98 Å². The molecule has 1 aromatic rings. The lowest BCUT2D eigenvalue weighted by Gasteiger charge is -2.02. The number of anilines is 1. The van der Waals surface area contributed by atoms with Gasteiger partial charge < -0.3 is 11.5 Å². The van der Waals surface area contributed by atoms with Crippen molar-refractivity contribution >= 4 is 15.5 Å². The predicted octanol–water partition coefficient (Wildman–Crippen LogP) is 0.258. The molecule has 0 saturated carbocycles. The Morgan fingerprint density at radius 1 is 1.57 bits per heavy atom. The van der Waals surface area contributed by atoms with E-state index >= 15 is 0 Å². The molecule has 0 bridgehead atoms. The number of nitrogen functional groups attached to an aromatic ring is 1. The Bertz CT molecular complexity index is 461. The standard InChI is InChI=1S/C8H11N3O2S/c1-6(9)5-14(12,13)8-2-3-11-4-7(8)10/h2-5H,9-10H2,1H3/b6-5+. The lowest BCUT2D eigenvalue weighted by atomic mass is 10.4. The number of hydrogen-bond acceptors (Lipinski definition) is 5. The van der Waals surface area contributed by atoms with Gasteiger partial charge in [0.25, 0.3) is 0 Å². The molecule has 14 heavy (non-hydrogen) atoms. The van der Waals surface area contributed by atoms with Crippen LogP contribution in [-0.2, 0) is 9.84 Å². The van der Waals surface area contributed by atoms with Crippen LogP contribution in [0.3, 0.4) is 0 Å². The molecule has 0 amide bonds. The van der Waals surface area contributed by atoms with Gasteiger partial charge in [-0.15, -0.1) is 0 Å². The molecule has 76 valence electrons. The molecule has 0 aliphatic rings. The largest absolute Gasteiger partial charge is 0.402 e. The average molecular weight is 213 g/mol. The van der Waals surface area contributed by atoms with E-state index in [0.29, 0.717) is 0 Å². The fraction of sp³-hybridized carbons (Fsp3) is 0.125. The summed E-state index contributed by atoms with van der Waals surface area (Å²) in [4.78, 5) is 3.72. The highest BCUT2D eigenvalue weighted by Crippen LogP contribution is 2.18. The van der Waals surface area contributed by atoms with Crippen LogP contribution in [0.25, 0.3) is 0 Å². The molecular formula is C8H11N3O2S.